The number of aliphatic hydroxyl groups is 1. The van der Waals surface area contributed by atoms with Crippen molar-refractivity contribution in [2.45, 2.75) is 52.4 Å². The summed E-state index contributed by atoms with van der Waals surface area (Å²) < 4.78 is 5.73. The first kappa shape index (κ1) is 16.5. The van der Waals surface area contributed by atoms with E-state index in [1.54, 1.807) is 0 Å². The van der Waals surface area contributed by atoms with Gasteiger partial charge in [0, 0.05) is 19.6 Å². The molecule has 2 rings (SSSR count). The van der Waals surface area contributed by atoms with Crippen molar-refractivity contribution < 1.29 is 9.84 Å². The smallest absolute Gasteiger partial charge is 0.0916 e. The Kier molecular flexibility index (Phi) is 5.80. The molecule has 3 atom stereocenters. The Morgan fingerprint density at radius 2 is 1.71 bits per heavy atom. The van der Waals surface area contributed by atoms with Gasteiger partial charge in [-0.1, -0.05) is 38.1 Å². The Morgan fingerprint density at radius 3 is 2.24 bits per heavy atom. The molecule has 1 aliphatic heterocycles. The number of benzene rings is 1. The molecular formula is C18H29NO2. The van der Waals surface area contributed by atoms with Crippen molar-refractivity contribution in [2.24, 2.45) is 5.92 Å². The van der Waals surface area contributed by atoms with Gasteiger partial charge in [-0.15, -0.1) is 0 Å². The number of rotatable bonds is 5. The largest absolute Gasteiger partial charge is 0.387 e. The highest BCUT2D eigenvalue weighted by atomic mass is 16.5. The van der Waals surface area contributed by atoms with Gasteiger partial charge in [0.05, 0.1) is 18.3 Å². The van der Waals surface area contributed by atoms with Gasteiger partial charge < -0.3 is 9.84 Å². The predicted octanol–water partition coefficient (Wildman–Crippen LogP) is 3.03. The molecule has 3 unspecified atom stereocenters. The van der Waals surface area contributed by atoms with Crippen LogP contribution in [0.4, 0.5) is 0 Å². The summed E-state index contributed by atoms with van der Waals surface area (Å²) in [6.07, 6.45) is 1.16. The van der Waals surface area contributed by atoms with Crippen LogP contribution in [0.1, 0.15) is 44.9 Å². The molecule has 0 amide bonds. The molecular weight excluding hydrogens is 262 g/mol. The fourth-order valence-electron chi connectivity index (χ4n) is 3.13. The minimum atomic E-state index is -0.421. The summed E-state index contributed by atoms with van der Waals surface area (Å²) in [4.78, 5) is 2.30. The molecule has 3 heteroatoms. The van der Waals surface area contributed by atoms with Crippen LogP contribution in [0.25, 0.3) is 0 Å². The lowest BCUT2D eigenvalue weighted by Gasteiger charge is -2.36. The average Bonchev–Trinajstić information content (AvgIpc) is 2.37. The summed E-state index contributed by atoms with van der Waals surface area (Å²) in [6, 6.07) is 8.41. The summed E-state index contributed by atoms with van der Waals surface area (Å²) in [5.74, 6) is 0.664. The van der Waals surface area contributed by atoms with Gasteiger partial charge in [0.1, 0.15) is 0 Å². The third kappa shape index (κ3) is 5.10. The predicted molar refractivity (Wildman–Crippen MR) is 86.4 cm³/mol. The second-order valence-corrected chi connectivity index (χ2v) is 6.83. The molecule has 0 aromatic heterocycles. The first-order chi connectivity index (χ1) is 9.94. The number of morpholine rings is 1. The SMILES string of the molecule is CC(C)Cc1ccc(C(O)CN2CC(C)OC(C)C2)cc1. The van der Waals surface area contributed by atoms with Gasteiger partial charge in [0.25, 0.3) is 0 Å². The average molecular weight is 291 g/mol. The Morgan fingerprint density at radius 1 is 1.14 bits per heavy atom. The molecule has 1 saturated heterocycles. The van der Waals surface area contributed by atoms with Crippen LogP contribution in [0.15, 0.2) is 24.3 Å². The van der Waals surface area contributed by atoms with E-state index in [-0.39, 0.29) is 12.2 Å². The number of hydrogen-bond donors (Lipinski definition) is 1. The zero-order chi connectivity index (χ0) is 15.4. The van der Waals surface area contributed by atoms with Crippen LogP contribution in [0.2, 0.25) is 0 Å². The zero-order valence-electron chi connectivity index (χ0n) is 13.7. The van der Waals surface area contributed by atoms with Gasteiger partial charge in [-0.05, 0) is 37.3 Å². The lowest BCUT2D eigenvalue weighted by atomic mass is 10.00. The maximum atomic E-state index is 10.4. The highest BCUT2D eigenvalue weighted by Gasteiger charge is 2.24. The van der Waals surface area contributed by atoms with Crippen LogP contribution in [0.3, 0.4) is 0 Å². The molecule has 21 heavy (non-hydrogen) atoms. The minimum Gasteiger partial charge on any atom is -0.387 e. The molecule has 1 N–H and O–H groups in total. The van der Waals surface area contributed by atoms with E-state index in [1.165, 1.54) is 5.56 Å². The summed E-state index contributed by atoms with van der Waals surface area (Å²) in [6.45, 7) is 11.1. The Balaban J connectivity index is 1.92. The van der Waals surface area contributed by atoms with E-state index < -0.39 is 6.10 Å². The maximum absolute atomic E-state index is 10.4. The lowest BCUT2D eigenvalue weighted by molar-refractivity contribution is -0.0767. The van der Waals surface area contributed by atoms with Gasteiger partial charge in [-0.3, -0.25) is 4.90 Å². The van der Waals surface area contributed by atoms with E-state index in [0.717, 1.165) is 25.1 Å². The molecule has 1 aliphatic rings. The van der Waals surface area contributed by atoms with Crippen LogP contribution in [-0.2, 0) is 11.2 Å². The first-order valence-corrected chi connectivity index (χ1v) is 8.08. The van der Waals surface area contributed by atoms with Crippen molar-refractivity contribution in [1.29, 1.82) is 0 Å². The molecule has 1 heterocycles. The summed E-state index contributed by atoms with van der Waals surface area (Å²) in [5.41, 5.74) is 2.35. The van der Waals surface area contributed by atoms with Crippen molar-refractivity contribution in [1.82, 2.24) is 4.90 Å². The highest BCUT2D eigenvalue weighted by Crippen LogP contribution is 2.19. The molecule has 1 fully saturated rings. The number of aliphatic hydroxyl groups excluding tert-OH is 1. The molecule has 1 aromatic carbocycles. The lowest BCUT2D eigenvalue weighted by Crippen LogP contribution is -2.46. The molecule has 1 aromatic rings. The van der Waals surface area contributed by atoms with Crippen LogP contribution in [0.5, 0.6) is 0 Å². The van der Waals surface area contributed by atoms with E-state index in [1.807, 2.05) is 0 Å². The Bertz CT molecular complexity index is 419. The normalized spacial score (nSPS) is 25.2. The Labute approximate surface area is 128 Å². The quantitative estimate of drug-likeness (QED) is 0.905. The van der Waals surface area contributed by atoms with E-state index in [9.17, 15) is 5.11 Å². The third-order valence-corrected chi connectivity index (χ3v) is 3.93. The second-order valence-electron chi connectivity index (χ2n) is 6.83. The molecule has 0 radical (unpaired) electrons. The van der Waals surface area contributed by atoms with Crippen molar-refractivity contribution >= 4 is 0 Å². The van der Waals surface area contributed by atoms with E-state index >= 15 is 0 Å². The highest BCUT2D eigenvalue weighted by molar-refractivity contribution is 5.24. The van der Waals surface area contributed by atoms with Crippen molar-refractivity contribution in [3.63, 3.8) is 0 Å². The van der Waals surface area contributed by atoms with Gasteiger partial charge in [0.15, 0.2) is 0 Å². The van der Waals surface area contributed by atoms with Crippen LogP contribution in [-0.4, -0.2) is 41.8 Å². The van der Waals surface area contributed by atoms with Crippen LogP contribution in [0, 0.1) is 5.92 Å². The fraction of sp³-hybridized carbons (Fsp3) is 0.667. The standard InChI is InChI=1S/C18H29NO2/c1-13(2)9-16-5-7-17(8-6-16)18(20)12-19-10-14(3)21-15(4)11-19/h5-8,13-15,18,20H,9-12H2,1-4H3. The van der Waals surface area contributed by atoms with Crippen molar-refractivity contribution in [3.05, 3.63) is 35.4 Å². The molecule has 3 nitrogen and oxygen atoms in total. The van der Waals surface area contributed by atoms with E-state index in [4.69, 9.17) is 4.74 Å². The molecule has 118 valence electrons. The van der Waals surface area contributed by atoms with E-state index in [2.05, 4.69) is 56.9 Å². The zero-order valence-corrected chi connectivity index (χ0v) is 13.7. The van der Waals surface area contributed by atoms with Gasteiger partial charge >= 0.3 is 0 Å². The summed E-state index contributed by atoms with van der Waals surface area (Å²) in [7, 11) is 0. The van der Waals surface area contributed by atoms with Gasteiger partial charge in [-0.2, -0.15) is 0 Å². The fourth-order valence-corrected chi connectivity index (χ4v) is 3.13. The molecule has 0 saturated carbocycles. The number of hydrogen-bond acceptors (Lipinski definition) is 3. The van der Waals surface area contributed by atoms with Crippen molar-refractivity contribution in [3.8, 4) is 0 Å². The summed E-state index contributed by atoms with van der Waals surface area (Å²) in [5, 5.41) is 10.4. The van der Waals surface area contributed by atoms with E-state index in [0.29, 0.717) is 12.5 Å². The molecule has 0 spiro atoms. The second kappa shape index (κ2) is 7.39. The van der Waals surface area contributed by atoms with Gasteiger partial charge in [0.2, 0.25) is 0 Å². The maximum Gasteiger partial charge on any atom is 0.0916 e. The van der Waals surface area contributed by atoms with Crippen LogP contribution >= 0.6 is 0 Å². The minimum absolute atomic E-state index is 0.245. The molecule has 0 bridgehead atoms. The topological polar surface area (TPSA) is 32.7 Å². The first-order valence-electron chi connectivity index (χ1n) is 8.08. The summed E-state index contributed by atoms with van der Waals surface area (Å²) >= 11 is 0. The number of β-amino-alcohol motifs (C(OH)–C–C–N with tert-alkyl or cyclic N) is 1. The monoisotopic (exact) mass is 291 g/mol. The molecule has 0 aliphatic carbocycles. The van der Waals surface area contributed by atoms with Gasteiger partial charge in [-0.25, -0.2) is 0 Å². The number of nitrogens with zero attached hydrogens (tertiary/aromatic N) is 1. The third-order valence-electron chi connectivity index (χ3n) is 3.93. The number of ether oxygens (including phenoxy) is 1. The van der Waals surface area contributed by atoms with Crippen LogP contribution < -0.4 is 0 Å². The Hall–Kier alpha value is -0.900. The van der Waals surface area contributed by atoms with Crippen molar-refractivity contribution in [2.75, 3.05) is 19.6 Å².